The van der Waals surface area contributed by atoms with Crippen molar-refractivity contribution in [3.8, 4) is 0 Å². The van der Waals surface area contributed by atoms with Crippen LogP contribution in [0, 0.1) is 0 Å². The number of rotatable bonds is 8. The van der Waals surface area contributed by atoms with E-state index >= 15 is 0 Å². The number of ether oxygens (including phenoxy) is 2. The second-order valence-corrected chi connectivity index (χ2v) is 11.6. The molecule has 0 radical (unpaired) electrons. The molecule has 0 aromatic rings. The minimum Gasteiger partial charge on any atom is -0.478 e. The molecule has 0 aliphatic rings. The Morgan fingerprint density at radius 2 is 1.26 bits per heavy atom. The van der Waals surface area contributed by atoms with Crippen LogP contribution in [0.1, 0.15) is 27.7 Å². The van der Waals surface area contributed by atoms with Gasteiger partial charge in [-0.2, -0.15) is 0 Å². The predicted octanol–water partition coefficient (Wildman–Crippen LogP) is 5.82. The highest BCUT2D eigenvalue weighted by molar-refractivity contribution is 8.86. The van der Waals surface area contributed by atoms with Crippen LogP contribution in [-0.4, -0.2) is 31.1 Å². The van der Waals surface area contributed by atoms with Crippen molar-refractivity contribution in [2.75, 3.05) is 13.2 Å². The van der Waals surface area contributed by atoms with E-state index in [1.807, 2.05) is 25.6 Å². The molecule has 0 aliphatic heterocycles. The van der Waals surface area contributed by atoms with E-state index in [0.29, 0.717) is 31.1 Å². The van der Waals surface area contributed by atoms with Crippen molar-refractivity contribution in [1.82, 2.24) is 0 Å². The van der Waals surface area contributed by atoms with E-state index in [-0.39, 0.29) is 0 Å². The first-order valence-corrected chi connectivity index (χ1v) is 11.8. The van der Waals surface area contributed by atoms with E-state index in [1.54, 1.807) is 21.6 Å². The molecule has 0 saturated heterocycles. The van der Waals surface area contributed by atoms with Crippen LogP contribution in [0.5, 0.6) is 0 Å². The molecule has 0 N–H and O–H groups in total. The van der Waals surface area contributed by atoms with Gasteiger partial charge in [0.1, 0.15) is 0 Å². The largest absolute Gasteiger partial charge is 0.478 e. The summed E-state index contributed by atoms with van der Waals surface area (Å²) in [5.41, 5.74) is 0. The molecule has 0 saturated carbocycles. The van der Waals surface area contributed by atoms with Gasteiger partial charge in [0.2, 0.25) is 8.77 Å². The van der Waals surface area contributed by atoms with Crippen molar-refractivity contribution in [2.45, 2.75) is 36.9 Å². The van der Waals surface area contributed by atoms with Gasteiger partial charge in [-0.25, -0.2) is 0 Å². The molecule has 0 spiro atoms. The smallest absolute Gasteiger partial charge is 0.230 e. The summed E-state index contributed by atoms with van der Waals surface area (Å²) in [6.07, 6.45) is 0. The van der Waals surface area contributed by atoms with Gasteiger partial charge < -0.3 is 9.47 Å². The second kappa shape index (κ2) is 13.2. The van der Waals surface area contributed by atoms with Crippen LogP contribution in [-0.2, 0) is 9.47 Å². The summed E-state index contributed by atoms with van der Waals surface area (Å²) in [7, 11) is 6.49. The van der Waals surface area contributed by atoms with E-state index in [2.05, 4.69) is 13.8 Å². The summed E-state index contributed by atoms with van der Waals surface area (Å²) in [6, 6.07) is 0. The van der Waals surface area contributed by atoms with Gasteiger partial charge >= 0.3 is 0 Å². The second-order valence-electron chi connectivity index (χ2n) is 3.00. The highest BCUT2D eigenvalue weighted by Gasteiger charge is 2.13. The Morgan fingerprint density at radius 1 is 0.895 bits per heavy atom. The quantitative estimate of drug-likeness (QED) is 0.285. The number of thiocarbonyl (C=S) groups is 2. The van der Waals surface area contributed by atoms with Gasteiger partial charge in [0, 0.05) is 0 Å². The molecule has 0 fully saturated rings. The molecule has 0 amide bonds. The third kappa shape index (κ3) is 12.9. The molecular formula is C10H18O2S7. The summed E-state index contributed by atoms with van der Waals surface area (Å²) in [4.78, 5) is 0. The Hall–Kier alpha value is 1.53. The lowest BCUT2D eigenvalue weighted by Crippen LogP contribution is -1.99. The zero-order valence-electron chi connectivity index (χ0n) is 11.2. The molecule has 2 nitrogen and oxygen atoms in total. The van der Waals surface area contributed by atoms with Gasteiger partial charge in [0.05, 0.1) is 22.4 Å². The molecule has 9 heteroatoms. The molecule has 19 heavy (non-hydrogen) atoms. The average Bonchev–Trinajstić information content (AvgIpc) is 2.35. The molecule has 0 aromatic carbocycles. The van der Waals surface area contributed by atoms with Crippen LogP contribution in [0.2, 0.25) is 0 Å². The molecule has 0 rings (SSSR count). The van der Waals surface area contributed by atoms with E-state index in [1.165, 1.54) is 21.6 Å². The van der Waals surface area contributed by atoms with Crippen LogP contribution >= 0.6 is 79.4 Å². The van der Waals surface area contributed by atoms with Crippen LogP contribution in [0.4, 0.5) is 0 Å². The monoisotopic (exact) mass is 394 g/mol. The van der Waals surface area contributed by atoms with E-state index < -0.39 is 0 Å². The van der Waals surface area contributed by atoms with E-state index in [4.69, 9.17) is 33.9 Å². The molecule has 2 atom stereocenters. The fourth-order valence-corrected chi connectivity index (χ4v) is 7.73. The van der Waals surface area contributed by atoms with Crippen LogP contribution < -0.4 is 0 Å². The summed E-state index contributed by atoms with van der Waals surface area (Å²) >= 11 is 12.0. The number of hydrogen-bond acceptors (Lipinski definition) is 9. The molecule has 0 aliphatic carbocycles. The third-order valence-corrected chi connectivity index (χ3v) is 9.98. The minimum absolute atomic E-state index is 0.437. The van der Waals surface area contributed by atoms with Gasteiger partial charge in [0.15, 0.2) is 0 Å². The van der Waals surface area contributed by atoms with Gasteiger partial charge in [-0.15, -0.1) is 11.8 Å². The third-order valence-electron chi connectivity index (χ3n) is 1.41. The van der Waals surface area contributed by atoms with Crippen molar-refractivity contribution < 1.29 is 9.47 Å². The molecule has 0 bridgehead atoms. The Balaban J connectivity index is 3.71. The zero-order valence-corrected chi connectivity index (χ0v) is 17.0. The number of hydrogen-bond donors (Lipinski definition) is 0. The summed E-state index contributed by atoms with van der Waals surface area (Å²) in [6.45, 7) is 9.47. The Morgan fingerprint density at radius 3 is 1.58 bits per heavy atom. The summed E-state index contributed by atoms with van der Waals surface area (Å²) in [5.74, 6) is 0. The lowest BCUT2D eigenvalue weighted by molar-refractivity contribution is 0.346. The maximum atomic E-state index is 5.22. The topological polar surface area (TPSA) is 18.5 Å². The average molecular weight is 395 g/mol. The Kier molecular flexibility index (Phi) is 14.3. The van der Waals surface area contributed by atoms with Crippen molar-refractivity contribution in [1.29, 1.82) is 0 Å². The SMILES string of the molecule is CCOC(=S)SSC(C)SC(C)SSC(=S)OCC. The first kappa shape index (κ1) is 20.5. The standard InChI is InChI=1S/C10H18O2S7/c1-5-11-9(13)18-16-7(3)15-8(4)17-19-10(14)12-6-2/h7-8H,5-6H2,1-4H3. The number of thioether (sulfide) groups is 1. The molecule has 2 unspecified atom stereocenters. The molecule has 0 aromatic heterocycles. The normalized spacial score (nSPS) is 13.7. The predicted molar refractivity (Wildman–Crippen MR) is 105 cm³/mol. The lowest BCUT2D eigenvalue weighted by atomic mass is 10.9. The molecular weight excluding hydrogens is 377 g/mol. The van der Waals surface area contributed by atoms with Crippen molar-refractivity contribution in [2.24, 2.45) is 0 Å². The fraction of sp³-hybridized carbons (Fsp3) is 0.800. The van der Waals surface area contributed by atoms with Crippen LogP contribution in [0.3, 0.4) is 0 Å². The van der Waals surface area contributed by atoms with Gasteiger partial charge in [-0.05, 0) is 73.7 Å². The summed E-state index contributed by atoms with van der Waals surface area (Å²) in [5, 5.41) is 0. The first-order chi connectivity index (χ1) is 8.99. The highest BCUT2D eigenvalue weighted by Crippen LogP contribution is 2.42. The van der Waals surface area contributed by atoms with Crippen molar-refractivity contribution in [3.05, 3.63) is 0 Å². The van der Waals surface area contributed by atoms with Gasteiger partial charge in [-0.1, -0.05) is 21.6 Å². The molecule has 112 valence electrons. The van der Waals surface area contributed by atoms with Crippen LogP contribution in [0.25, 0.3) is 0 Å². The Bertz CT molecular complexity index is 249. The van der Waals surface area contributed by atoms with E-state index in [9.17, 15) is 0 Å². The maximum absolute atomic E-state index is 5.22. The minimum atomic E-state index is 0.437. The van der Waals surface area contributed by atoms with E-state index in [0.717, 1.165) is 0 Å². The van der Waals surface area contributed by atoms with Crippen LogP contribution in [0.15, 0.2) is 0 Å². The Labute approximate surface area is 146 Å². The first-order valence-electron chi connectivity index (χ1n) is 5.65. The van der Waals surface area contributed by atoms with Gasteiger partial charge in [0.25, 0.3) is 0 Å². The lowest BCUT2D eigenvalue weighted by Gasteiger charge is -2.15. The zero-order chi connectivity index (χ0) is 14.7. The van der Waals surface area contributed by atoms with Gasteiger partial charge in [-0.3, -0.25) is 0 Å². The molecule has 0 heterocycles. The maximum Gasteiger partial charge on any atom is 0.230 e. The van der Waals surface area contributed by atoms with Crippen molar-refractivity contribution in [3.63, 3.8) is 0 Å². The van der Waals surface area contributed by atoms with Crippen molar-refractivity contribution >= 4 is 88.1 Å². The highest BCUT2D eigenvalue weighted by atomic mass is 33.1. The fourth-order valence-electron chi connectivity index (χ4n) is 0.813. The summed E-state index contributed by atoms with van der Waals surface area (Å²) < 4.78 is 12.5.